The minimum atomic E-state index is -1.14. The van der Waals surface area contributed by atoms with Crippen molar-refractivity contribution in [2.45, 2.75) is 30.9 Å². The van der Waals surface area contributed by atoms with E-state index < -0.39 is 17.1 Å². The number of β-lactam (4-membered cyclic amide) rings is 1. The van der Waals surface area contributed by atoms with Crippen LogP contribution in [0.25, 0.3) is 0 Å². The smallest absolute Gasteiger partial charge is 0.354 e. The summed E-state index contributed by atoms with van der Waals surface area (Å²) in [4.78, 5) is 35.6. The highest BCUT2D eigenvalue weighted by molar-refractivity contribution is 8.23. The molecule has 2 amide bonds. The van der Waals surface area contributed by atoms with Crippen LogP contribution in [0.4, 0.5) is 0 Å². The van der Waals surface area contributed by atoms with E-state index in [0.717, 1.165) is 11.8 Å². The number of nitrogens with two attached hydrogens (primary N) is 1. The molecule has 2 unspecified atom stereocenters. The molecule has 3 N–H and O–H groups in total. The van der Waals surface area contributed by atoms with Gasteiger partial charge in [-0.05, 0) is 13.3 Å². The Morgan fingerprint density at radius 3 is 2.68 bits per heavy atom. The number of nitrogens with zero attached hydrogens (tertiary/aromatic N) is 1. The largest absolute Gasteiger partial charge is 0.477 e. The summed E-state index contributed by atoms with van der Waals surface area (Å²) in [6, 6.07) is 0. The first-order valence-corrected chi connectivity index (χ1v) is 7.57. The Labute approximate surface area is 118 Å². The van der Waals surface area contributed by atoms with Gasteiger partial charge in [0, 0.05) is 0 Å². The number of hydrogen-bond donors (Lipinski definition) is 2. The number of carboxylic acid groups (broad SMARTS) is 1. The fourth-order valence-electron chi connectivity index (χ4n) is 2.03. The second-order valence-electron chi connectivity index (χ2n) is 4.34. The normalized spacial score (nSPS) is 27.1. The first kappa shape index (κ1) is 14.3. The molecule has 0 spiro atoms. The molecule has 0 aromatic carbocycles. The third-order valence-electron chi connectivity index (χ3n) is 3.14. The van der Waals surface area contributed by atoms with E-state index in [0.29, 0.717) is 10.7 Å². The average molecular weight is 302 g/mol. The van der Waals surface area contributed by atoms with Gasteiger partial charge in [0.2, 0.25) is 11.8 Å². The molecule has 0 aromatic heterocycles. The van der Waals surface area contributed by atoms with E-state index >= 15 is 0 Å². The fourth-order valence-corrected chi connectivity index (χ4v) is 5.02. The third-order valence-corrected chi connectivity index (χ3v) is 5.90. The third kappa shape index (κ3) is 2.23. The van der Waals surface area contributed by atoms with Gasteiger partial charge in [-0.3, -0.25) is 14.5 Å². The summed E-state index contributed by atoms with van der Waals surface area (Å²) >= 11 is 2.45. The zero-order chi connectivity index (χ0) is 14.3. The maximum absolute atomic E-state index is 11.9. The average Bonchev–Trinajstić information content (AvgIpc) is 2.65. The van der Waals surface area contributed by atoms with Gasteiger partial charge in [-0.2, -0.15) is 0 Å². The molecule has 0 aromatic rings. The number of amides is 2. The number of carboxylic acids is 1. The first-order chi connectivity index (χ1) is 8.88. The maximum atomic E-state index is 11.9. The summed E-state index contributed by atoms with van der Waals surface area (Å²) in [7, 11) is 0. The Hall–Kier alpha value is -1.15. The lowest BCUT2D eigenvalue weighted by atomic mass is 9.95. The standard InChI is InChI=1S/C11H14N2O4S2/c1-3-5-8(15)13-6(10(16)17)11(19-9(5)13)18-4(2)7(12)14/h4-5,9H,3H2,1-2H3,(H2,12,14)(H,16,17)/t4?,5?,9-/m1/s1. The second kappa shape index (κ2) is 5.09. The number of primary amides is 1. The van der Waals surface area contributed by atoms with Crippen LogP contribution >= 0.6 is 23.5 Å². The predicted molar refractivity (Wildman–Crippen MR) is 72.9 cm³/mol. The minimum Gasteiger partial charge on any atom is -0.477 e. The number of thioether (sulfide) groups is 2. The van der Waals surface area contributed by atoms with Crippen LogP contribution in [-0.2, 0) is 14.4 Å². The molecule has 0 radical (unpaired) electrons. The summed E-state index contributed by atoms with van der Waals surface area (Å²) in [6.07, 6.45) is 0.684. The molecule has 0 bridgehead atoms. The lowest BCUT2D eigenvalue weighted by Crippen LogP contribution is -2.56. The highest BCUT2D eigenvalue weighted by Crippen LogP contribution is 2.54. The summed E-state index contributed by atoms with van der Waals surface area (Å²) in [5, 5.41) is 8.57. The second-order valence-corrected chi connectivity index (χ2v) is 7.07. The minimum absolute atomic E-state index is 0.0113. The molecule has 2 aliphatic rings. The van der Waals surface area contributed by atoms with Gasteiger partial charge in [0.05, 0.1) is 20.8 Å². The zero-order valence-corrected chi connectivity index (χ0v) is 12.1. The fraction of sp³-hybridized carbons (Fsp3) is 0.545. The molecule has 8 heteroatoms. The predicted octanol–water partition coefficient (Wildman–Crippen LogP) is 0.788. The van der Waals surface area contributed by atoms with E-state index in [1.54, 1.807) is 6.92 Å². The number of carbonyl (C=O) groups excluding carboxylic acids is 2. The summed E-state index contributed by atoms with van der Waals surface area (Å²) < 4.78 is 0.494. The summed E-state index contributed by atoms with van der Waals surface area (Å²) in [5.74, 6) is -1.94. The summed E-state index contributed by atoms with van der Waals surface area (Å²) in [6.45, 7) is 3.52. The van der Waals surface area contributed by atoms with Gasteiger partial charge in [0.25, 0.3) is 0 Å². The monoisotopic (exact) mass is 302 g/mol. The molecule has 2 aliphatic heterocycles. The van der Waals surface area contributed by atoms with Crippen LogP contribution in [0, 0.1) is 5.92 Å². The van der Waals surface area contributed by atoms with Crippen molar-refractivity contribution in [3.05, 3.63) is 9.93 Å². The van der Waals surface area contributed by atoms with Gasteiger partial charge in [-0.15, -0.1) is 11.8 Å². The molecule has 1 saturated heterocycles. The highest BCUT2D eigenvalue weighted by atomic mass is 32.2. The van der Waals surface area contributed by atoms with Crippen LogP contribution in [0.3, 0.4) is 0 Å². The van der Waals surface area contributed by atoms with E-state index in [4.69, 9.17) is 5.73 Å². The Bertz CT molecular complexity index is 491. The molecular weight excluding hydrogens is 288 g/mol. The van der Waals surface area contributed by atoms with Crippen LogP contribution in [0.2, 0.25) is 0 Å². The van der Waals surface area contributed by atoms with Crippen molar-refractivity contribution in [2.75, 3.05) is 0 Å². The van der Waals surface area contributed by atoms with Gasteiger partial charge < -0.3 is 10.8 Å². The number of aliphatic carboxylic acids is 1. The topological polar surface area (TPSA) is 101 Å². The molecule has 6 nitrogen and oxygen atoms in total. The zero-order valence-electron chi connectivity index (χ0n) is 10.5. The van der Waals surface area contributed by atoms with Crippen LogP contribution in [0.1, 0.15) is 20.3 Å². The van der Waals surface area contributed by atoms with Gasteiger partial charge in [-0.1, -0.05) is 18.7 Å². The maximum Gasteiger partial charge on any atom is 0.354 e. The molecule has 1 fully saturated rings. The lowest BCUT2D eigenvalue weighted by molar-refractivity contribution is -0.151. The molecule has 0 saturated carbocycles. The molecule has 2 rings (SSSR count). The number of carbonyl (C=O) groups is 3. The Morgan fingerprint density at radius 1 is 1.58 bits per heavy atom. The van der Waals surface area contributed by atoms with Gasteiger partial charge in [-0.25, -0.2) is 4.79 Å². The van der Waals surface area contributed by atoms with E-state index in [2.05, 4.69) is 0 Å². The van der Waals surface area contributed by atoms with Crippen molar-refractivity contribution in [2.24, 2.45) is 11.7 Å². The van der Waals surface area contributed by atoms with Crippen molar-refractivity contribution in [3.8, 4) is 0 Å². The van der Waals surface area contributed by atoms with Crippen molar-refractivity contribution >= 4 is 41.3 Å². The highest BCUT2D eigenvalue weighted by Gasteiger charge is 2.55. The number of rotatable bonds is 5. The molecule has 19 heavy (non-hydrogen) atoms. The van der Waals surface area contributed by atoms with E-state index in [1.807, 2.05) is 6.92 Å². The Balaban J connectivity index is 2.25. The lowest BCUT2D eigenvalue weighted by Gasteiger charge is -2.41. The van der Waals surface area contributed by atoms with Crippen LogP contribution in [0.15, 0.2) is 9.93 Å². The van der Waals surface area contributed by atoms with Crippen molar-refractivity contribution < 1.29 is 19.5 Å². The SMILES string of the molecule is CCC1C(=O)N2C(C(=O)O)=C(SC(C)C(N)=O)S[C@H]12. The van der Waals surface area contributed by atoms with Gasteiger partial charge >= 0.3 is 5.97 Å². The summed E-state index contributed by atoms with van der Waals surface area (Å²) in [5.41, 5.74) is 5.17. The first-order valence-electron chi connectivity index (χ1n) is 5.81. The van der Waals surface area contributed by atoms with E-state index in [9.17, 15) is 19.5 Å². The van der Waals surface area contributed by atoms with E-state index in [1.165, 1.54) is 16.7 Å². The van der Waals surface area contributed by atoms with Gasteiger partial charge in [0.1, 0.15) is 0 Å². The Kier molecular flexibility index (Phi) is 3.82. The number of hydrogen-bond acceptors (Lipinski definition) is 5. The Morgan fingerprint density at radius 2 is 2.21 bits per heavy atom. The van der Waals surface area contributed by atoms with Crippen molar-refractivity contribution in [1.82, 2.24) is 4.90 Å². The molecule has 0 aliphatic carbocycles. The van der Waals surface area contributed by atoms with E-state index in [-0.39, 0.29) is 22.9 Å². The van der Waals surface area contributed by atoms with Gasteiger partial charge in [0.15, 0.2) is 5.70 Å². The molecular formula is C11H14N2O4S2. The van der Waals surface area contributed by atoms with Crippen LogP contribution in [0.5, 0.6) is 0 Å². The molecule has 3 atom stereocenters. The molecule has 104 valence electrons. The quantitative estimate of drug-likeness (QED) is 0.728. The van der Waals surface area contributed by atoms with Crippen LogP contribution < -0.4 is 5.73 Å². The van der Waals surface area contributed by atoms with Crippen molar-refractivity contribution in [1.29, 1.82) is 0 Å². The number of fused-ring (bicyclic) bond motifs is 1. The molecule has 2 heterocycles. The van der Waals surface area contributed by atoms with Crippen molar-refractivity contribution in [3.63, 3.8) is 0 Å². The van der Waals surface area contributed by atoms with Crippen LogP contribution in [-0.4, -0.2) is 38.4 Å².